The molecular formula is C7H14Cl4NO2P. The molecule has 0 amide bonds. The van der Waals surface area contributed by atoms with Crippen LogP contribution >= 0.6 is 53.9 Å². The first-order valence-electron chi connectivity index (χ1n) is 4.37. The predicted molar refractivity (Wildman–Crippen MR) is 68.0 cm³/mol. The molecule has 0 bridgehead atoms. The van der Waals surface area contributed by atoms with Gasteiger partial charge >= 0.3 is 0 Å². The maximum atomic E-state index is 12.2. The lowest BCUT2D eigenvalue weighted by Gasteiger charge is -2.28. The van der Waals surface area contributed by atoms with Crippen LogP contribution in [0.15, 0.2) is 0 Å². The third kappa shape index (κ3) is 5.97. The fraction of sp³-hybridized carbons (Fsp3) is 1.00. The minimum Gasteiger partial charge on any atom is -0.315 e. The molecule has 0 aliphatic heterocycles. The third-order valence-electron chi connectivity index (χ3n) is 1.64. The van der Waals surface area contributed by atoms with Gasteiger partial charge in [-0.3, -0.25) is 4.57 Å². The van der Waals surface area contributed by atoms with Crippen molar-refractivity contribution in [1.82, 2.24) is 4.67 Å². The molecule has 0 saturated heterocycles. The monoisotopic (exact) mass is 315 g/mol. The Kier molecular flexibility index (Phi) is 10.2. The van der Waals surface area contributed by atoms with Crippen molar-refractivity contribution in [3.63, 3.8) is 0 Å². The molecule has 0 aromatic heterocycles. The molecule has 92 valence electrons. The summed E-state index contributed by atoms with van der Waals surface area (Å²) >= 11 is 22.3. The molecule has 0 spiro atoms. The first-order chi connectivity index (χ1) is 7.14. The largest absolute Gasteiger partial charge is 0.315 e. The van der Waals surface area contributed by atoms with Crippen molar-refractivity contribution in [2.45, 2.75) is 0 Å². The fourth-order valence-corrected chi connectivity index (χ4v) is 4.04. The van der Waals surface area contributed by atoms with Gasteiger partial charge in [-0.25, -0.2) is 4.67 Å². The van der Waals surface area contributed by atoms with Gasteiger partial charge in [0.25, 0.3) is 7.52 Å². The standard InChI is InChI=1S/C7H14Cl4NO2P/c8-1-4-12(5-2-9)15(13,7-11)14-6-3-10/h1-7H2. The highest BCUT2D eigenvalue weighted by Crippen LogP contribution is 2.51. The summed E-state index contributed by atoms with van der Waals surface area (Å²) in [6, 6.07) is 0. The molecule has 0 rings (SSSR count). The van der Waals surface area contributed by atoms with Crippen molar-refractivity contribution in [2.75, 3.05) is 43.0 Å². The Balaban J connectivity index is 4.46. The minimum atomic E-state index is -3.01. The molecule has 15 heavy (non-hydrogen) atoms. The molecule has 1 atom stereocenters. The average molecular weight is 317 g/mol. The van der Waals surface area contributed by atoms with Crippen LogP contribution in [-0.2, 0) is 9.09 Å². The van der Waals surface area contributed by atoms with E-state index in [-0.39, 0.29) is 18.1 Å². The summed E-state index contributed by atoms with van der Waals surface area (Å²) in [5, 5.41) is 0. The Labute approximate surface area is 110 Å². The molecule has 0 aromatic carbocycles. The van der Waals surface area contributed by atoms with Gasteiger partial charge < -0.3 is 4.52 Å². The number of hydrogen-bond acceptors (Lipinski definition) is 2. The van der Waals surface area contributed by atoms with E-state index in [9.17, 15) is 4.57 Å². The number of rotatable bonds is 9. The first-order valence-corrected chi connectivity index (χ1v) is 8.27. The van der Waals surface area contributed by atoms with Gasteiger partial charge in [-0.1, -0.05) is 0 Å². The Morgan fingerprint density at radius 1 is 1.00 bits per heavy atom. The van der Waals surface area contributed by atoms with Gasteiger partial charge in [-0.15, -0.1) is 46.4 Å². The summed E-state index contributed by atoms with van der Waals surface area (Å²) in [5.74, 6) is 0.973. The van der Waals surface area contributed by atoms with Crippen LogP contribution in [0.3, 0.4) is 0 Å². The van der Waals surface area contributed by atoms with Crippen molar-refractivity contribution in [3.8, 4) is 0 Å². The normalized spacial score (nSPS) is 15.5. The van der Waals surface area contributed by atoms with Crippen LogP contribution in [0.4, 0.5) is 0 Å². The molecule has 1 unspecified atom stereocenters. The van der Waals surface area contributed by atoms with Crippen molar-refractivity contribution in [2.24, 2.45) is 0 Å². The van der Waals surface area contributed by atoms with Crippen LogP contribution in [0.2, 0.25) is 0 Å². The van der Waals surface area contributed by atoms with E-state index in [4.69, 9.17) is 50.9 Å². The van der Waals surface area contributed by atoms with Gasteiger partial charge in [0.1, 0.15) is 5.62 Å². The van der Waals surface area contributed by atoms with E-state index in [1.807, 2.05) is 0 Å². The zero-order chi connectivity index (χ0) is 11.7. The van der Waals surface area contributed by atoms with Gasteiger partial charge in [0.05, 0.1) is 6.61 Å². The van der Waals surface area contributed by atoms with Gasteiger partial charge in [0, 0.05) is 30.7 Å². The molecule has 0 N–H and O–H groups in total. The van der Waals surface area contributed by atoms with Crippen molar-refractivity contribution < 1.29 is 9.09 Å². The predicted octanol–water partition coefficient (Wildman–Crippen LogP) is 3.41. The lowest BCUT2D eigenvalue weighted by Crippen LogP contribution is -2.27. The molecule has 8 heteroatoms. The second kappa shape index (κ2) is 9.35. The number of hydrogen-bond donors (Lipinski definition) is 0. The highest BCUT2D eigenvalue weighted by molar-refractivity contribution is 7.58. The maximum absolute atomic E-state index is 12.2. The van der Waals surface area contributed by atoms with Gasteiger partial charge in [0.2, 0.25) is 0 Å². The zero-order valence-electron chi connectivity index (χ0n) is 8.17. The molecule has 0 radical (unpaired) electrons. The summed E-state index contributed by atoms with van der Waals surface area (Å²) in [7, 11) is -3.01. The highest BCUT2D eigenvalue weighted by Gasteiger charge is 2.29. The molecule has 0 aliphatic rings. The van der Waals surface area contributed by atoms with Crippen LogP contribution in [0.25, 0.3) is 0 Å². The minimum absolute atomic E-state index is 0.0856. The number of nitrogens with zero attached hydrogens (tertiary/aromatic N) is 1. The smallest absolute Gasteiger partial charge is 0.287 e. The van der Waals surface area contributed by atoms with E-state index < -0.39 is 7.52 Å². The molecule has 3 nitrogen and oxygen atoms in total. The maximum Gasteiger partial charge on any atom is 0.287 e. The Bertz CT molecular complexity index is 201. The lowest BCUT2D eigenvalue weighted by molar-refractivity contribution is 0.284. The molecule has 0 fully saturated rings. The quantitative estimate of drug-likeness (QED) is 0.482. The summed E-state index contributed by atoms with van der Waals surface area (Å²) < 4.78 is 19.0. The van der Waals surface area contributed by atoms with Gasteiger partial charge in [-0.05, 0) is 0 Å². The van der Waals surface area contributed by atoms with Crippen molar-refractivity contribution in [3.05, 3.63) is 0 Å². The molecule has 0 aromatic rings. The van der Waals surface area contributed by atoms with Crippen LogP contribution in [0.1, 0.15) is 0 Å². The number of halogens is 4. The molecular weight excluding hydrogens is 303 g/mol. The fourth-order valence-electron chi connectivity index (χ4n) is 0.981. The summed E-state index contributed by atoms with van der Waals surface area (Å²) in [5.41, 5.74) is -0.0856. The van der Waals surface area contributed by atoms with Gasteiger partial charge in [0.15, 0.2) is 0 Å². The second-order valence-corrected chi connectivity index (χ2v) is 6.80. The van der Waals surface area contributed by atoms with E-state index in [1.54, 1.807) is 4.67 Å². The Morgan fingerprint density at radius 3 is 1.87 bits per heavy atom. The van der Waals surface area contributed by atoms with Crippen molar-refractivity contribution >= 4 is 53.9 Å². The number of alkyl halides is 4. The van der Waals surface area contributed by atoms with Crippen LogP contribution in [0.5, 0.6) is 0 Å². The lowest BCUT2D eigenvalue weighted by atomic mass is 10.6. The first kappa shape index (κ1) is 16.3. The molecule has 0 saturated carbocycles. The van der Waals surface area contributed by atoms with E-state index in [2.05, 4.69) is 0 Å². The topological polar surface area (TPSA) is 29.5 Å². The van der Waals surface area contributed by atoms with Crippen LogP contribution in [-0.4, -0.2) is 47.6 Å². The van der Waals surface area contributed by atoms with E-state index in [0.717, 1.165) is 0 Å². The van der Waals surface area contributed by atoms with E-state index in [0.29, 0.717) is 24.8 Å². The third-order valence-corrected chi connectivity index (χ3v) is 5.19. The summed E-state index contributed by atoms with van der Waals surface area (Å²) in [4.78, 5) is 0. The van der Waals surface area contributed by atoms with Crippen LogP contribution in [0, 0.1) is 0 Å². The van der Waals surface area contributed by atoms with E-state index >= 15 is 0 Å². The summed E-state index contributed by atoms with van der Waals surface area (Å²) in [6.45, 7) is 1.06. The van der Waals surface area contributed by atoms with Gasteiger partial charge in [-0.2, -0.15) is 0 Å². The van der Waals surface area contributed by atoms with Crippen molar-refractivity contribution in [1.29, 1.82) is 0 Å². The summed E-state index contributed by atoms with van der Waals surface area (Å²) in [6.07, 6.45) is 0. The zero-order valence-corrected chi connectivity index (χ0v) is 12.1. The average Bonchev–Trinajstić information content (AvgIpc) is 2.25. The second-order valence-electron chi connectivity index (χ2n) is 2.61. The molecule has 0 aliphatic carbocycles. The highest BCUT2D eigenvalue weighted by atomic mass is 35.5. The Morgan fingerprint density at radius 2 is 1.53 bits per heavy atom. The Hall–Kier alpha value is 1.31. The molecule has 0 heterocycles. The SMILES string of the molecule is O=P(CCl)(OCCCl)N(CCCl)CCCl. The van der Waals surface area contributed by atoms with E-state index in [1.165, 1.54) is 0 Å². The van der Waals surface area contributed by atoms with Crippen LogP contribution < -0.4 is 0 Å².